The molecule has 0 radical (unpaired) electrons. The molecule has 0 fully saturated rings. The minimum absolute atomic E-state index is 0.352. The summed E-state index contributed by atoms with van der Waals surface area (Å²) < 4.78 is 0. The summed E-state index contributed by atoms with van der Waals surface area (Å²) in [5.41, 5.74) is 0.907. The third-order valence-corrected chi connectivity index (χ3v) is 1.28. The van der Waals surface area contributed by atoms with Crippen molar-refractivity contribution in [2.24, 2.45) is 5.92 Å². The lowest BCUT2D eigenvalue weighted by molar-refractivity contribution is 0.221. The lowest BCUT2D eigenvalue weighted by Gasteiger charge is -2.10. The van der Waals surface area contributed by atoms with E-state index in [0.29, 0.717) is 5.92 Å². The van der Waals surface area contributed by atoms with Crippen molar-refractivity contribution in [3.8, 4) is 0 Å². The normalized spacial score (nSPS) is 14.1. The standard InChI is InChI=1S/C7H14O/c1-5(2)6(3)7(4)8/h5,7-8H,3H2,1-2,4H3. The van der Waals surface area contributed by atoms with Gasteiger partial charge < -0.3 is 5.11 Å². The molecule has 48 valence electrons. The molecule has 0 saturated heterocycles. The highest BCUT2D eigenvalue weighted by molar-refractivity contribution is 5.02. The van der Waals surface area contributed by atoms with E-state index in [0.717, 1.165) is 5.57 Å². The van der Waals surface area contributed by atoms with Gasteiger partial charge in [0, 0.05) is 0 Å². The second kappa shape index (κ2) is 2.88. The Kier molecular flexibility index (Phi) is 2.77. The Balaban J connectivity index is 3.65. The molecule has 0 aliphatic carbocycles. The summed E-state index contributed by atoms with van der Waals surface area (Å²) in [6, 6.07) is 0. The second-order valence-corrected chi connectivity index (χ2v) is 2.41. The van der Waals surface area contributed by atoms with Gasteiger partial charge in [-0.3, -0.25) is 0 Å². The smallest absolute Gasteiger partial charge is 0.0721 e. The predicted octanol–water partition coefficient (Wildman–Crippen LogP) is 1.58. The first-order valence-corrected chi connectivity index (χ1v) is 2.92. The molecule has 1 atom stereocenters. The molecule has 0 amide bonds. The summed E-state index contributed by atoms with van der Waals surface area (Å²) in [5.74, 6) is 0.398. The van der Waals surface area contributed by atoms with Gasteiger partial charge >= 0.3 is 0 Å². The van der Waals surface area contributed by atoms with E-state index in [-0.39, 0.29) is 6.10 Å². The molecule has 0 heterocycles. The van der Waals surface area contributed by atoms with Crippen LogP contribution in [0.25, 0.3) is 0 Å². The van der Waals surface area contributed by atoms with Gasteiger partial charge in [0.1, 0.15) is 0 Å². The van der Waals surface area contributed by atoms with Gasteiger partial charge in [-0.2, -0.15) is 0 Å². The number of rotatable bonds is 2. The monoisotopic (exact) mass is 114 g/mol. The fourth-order valence-corrected chi connectivity index (χ4v) is 0.482. The van der Waals surface area contributed by atoms with Crippen LogP contribution < -0.4 is 0 Å². The summed E-state index contributed by atoms with van der Waals surface area (Å²) in [7, 11) is 0. The van der Waals surface area contributed by atoms with Crippen LogP contribution in [0.15, 0.2) is 12.2 Å². The van der Waals surface area contributed by atoms with Crippen LogP contribution in [0.1, 0.15) is 20.8 Å². The number of hydrogen-bond acceptors (Lipinski definition) is 1. The minimum Gasteiger partial charge on any atom is -0.389 e. The minimum atomic E-state index is -0.352. The molecule has 0 aromatic rings. The van der Waals surface area contributed by atoms with Crippen LogP contribution in [0, 0.1) is 5.92 Å². The largest absolute Gasteiger partial charge is 0.389 e. The summed E-state index contributed by atoms with van der Waals surface area (Å²) in [5, 5.41) is 8.89. The zero-order valence-corrected chi connectivity index (χ0v) is 5.81. The van der Waals surface area contributed by atoms with Gasteiger partial charge in [-0.1, -0.05) is 20.4 Å². The van der Waals surface area contributed by atoms with Gasteiger partial charge in [0.2, 0.25) is 0 Å². The van der Waals surface area contributed by atoms with Gasteiger partial charge in [-0.25, -0.2) is 0 Å². The fraction of sp³-hybridized carbons (Fsp3) is 0.714. The van der Waals surface area contributed by atoms with E-state index >= 15 is 0 Å². The van der Waals surface area contributed by atoms with Crippen molar-refractivity contribution >= 4 is 0 Å². The van der Waals surface area contributed by atoms with Crippen molar-refractivity contribution in [3.63, 3.8) is 0 Å². The maximum atomic E-state index is 8.89. The topological polar surface area (TPSA) is 20.2 Å². The first-order chi connectivity index (χ1) is 3.55. The summed E-state index contributed by atoms with van der Waals surface area (Å²) >= 11 is 0. The van der Waals surface area contributed by atoms with E-state index in [1.165, 1.54) is 0 Å². The first-order valence-electron chi connectivity index (χ1n) is 2.92. The molecule has 0 saturated carbocycles. The van der Waals surface area contributed by atoms with Gasteiger partial charge in [0.15, 0.2) is 0 Å². The van der Waals surface area contributed by atoms with E-state index in [2.05, 4.69) is 6.58 Å². The zero-order chi connectivity index (χ0) is 6.73. The molecule has 1 nitrogen and oxygen atoms in total. The number of aliphatic hydroxyl groups is 1. The predicted molar refractivity (Wildman–Crippen MR) is 35.7 cm³/mol. The van der Waals surface area contributed by atoms with Crippen molar-refractivity contribution in [2.75, 3.05) is 0 Å². The van der Waals surface area contributed by atoms with Crippen molar-refractivity contribution in [3.05, 3.63) is 12.2 Å². The van der Waals surface area contributed by atoms with Crippen molar-refractivity contribution in [1.29, 1.82) is 0 Å². The highest BCUT2D eigenvalue weighted by Crippen LogP contribution is 2.09. The molecule has 0 aromatic carbocycles. The first kappa shape index (κ1) is 7.70. The maximum Gasteiger partial charge on any atom is 0.0721 e. The Labute approximate surface area is 51.0 Å². The molecule has 1 heteroatoms. The van der Waals surface area contributed by atoms with Crippen LogP contribution in [0.4, 0.5) is 0 Å². The van der Waals surface area contributed by atoms with Crippen LogP contribution in [-0.2, 0) is 0 Å². The zero-order valence-electron chi connectivity index (χ0n) is 5.81. The van der Waals surface area contributed by atoms with Crippen LogP contribution in [0.3, 0.4) is 0 Å². The van der Waals surface area contributed by atoms with Gasteiger partial charge in [-0.15, -0.1) is 0 Å². The lowest BCUT2D eigenvalue weighted by atomic mass is 10.0. The van der Waals surface area contributed by atoms with Crippen LogP contribution >= 0.6 is 0 Å². The molecular formula is C7H14O. The molecular weight excluding hydrogens is 100 g/mol. The molecule has 0 aromatic heterocycles. The van der Waals surface area contributed by atoms with Gasteiger partial charge in [-0.05, 0) is 18.4 Å². The fourth-order valence-electron chi connectivity index (χ4n) is 0.482. The molecule has 0 rings (SSSR count). The number of hydrogen-bond donors (Lipinski definition) is 1. The molecule has 0 aliphatic rings. The van der Waals surface area contributed by atoms with Gasteiger partial charge in [0.25, 0.3) is 0 Å². The third-order valence-electron chi connectivity index (χ3n) is 1.28. The SMILES string of the molecule is C=C(C(C)C)C(C)O. The average molecular weight is 114 g/mol. The quantitative estimate of drug-likeness (QED) is 0.540. The Morgan fingerprint density at radius 1 is 1.38 bits per heavy atom. The highest BCUT2D eigenvalue weighted by Gasteiger charge is 2.04. The van der Waals surface area contributed by atoms with E-state index in [1.54, 1.807) is 6.92 Å². The van der Waals surface area contributed by atoms with Crippen LogP contribution in [0.5, 0.6) is 0 Å². The molecule has 0 spiro atoms. The van der Waals surface area contributed by atoms with E-state index in [4.69, 9.17) is 5.11 Å². The van der Waals surface area contributed by atoms with Crippen LogP contribution in [-0.4, -0.2) is 11.2 Å². The third kappa shape index (κ3) is 2.12. The second-order valence-electron chi connectivity index (χ2n) is 2.41. The molecule has 1 N–H and O–H groups in total. The summed E-state index contributed by atoms with van der Waals surface area (Å²) in [6.45, 7) is 9.49. The Bertz CT molecular complexity index is 72.4. The van der Waals surface area contributed by atoms with Crippen molar-refractivity contribution in [1.82, 2.24) is 0 Å². The highest BCUT2D eigenvalue weighted by atomic mass is 16.3. The van der Waals surface area contributed by atoms with Crippen LogP contribution in [0.2, 0.25) is 0 Å². The Morgan fingerprint density at radius 3 is 1.75 bits per heavy atom. The van der Waals surface area contributed by atoms with E-state index in [1.807, 2.05) is 13.8 Å². The summed E-state index contributed by atoms with van der Waals surface area (Å²) in [6.07, 6.45) is -0.352. The average Bonchev–Trinajstić information content (AvgIpc) is 1.64. The van der Waals surface area contributed by atoms with E-state index in [9.17, 15) is 0 Å². The molecule has 1 unspecified atom stereocenters. The summed E-state index contributed by atoms with van der Waals surface area (Å²) in [4.78, 5) is 0. The van der Waals surface area contributed by atoms with Crippen molar-refractivity contribution in [2.45, 2.75) is 26.9 Å². The molecule has 8 heavy (non-hydrogen) atoms. The molecule has 0 bridgehead atoms. The van der Waals surface area contributed by atoms with Gasteiger partial charge in [0.05, 0.1) is 6.10 Å². The maximum absolute atomic E-state index is 8.89. The Hall–Kier alpha value is -0.300. The lowest BCUT2D eigenvalue weighted by Crippen LogP contribution is -2.08. The van der Waals surface area contributed by atoms with E-state index < -0.39 is 0 Å². The Morgan fingerprint density at radius 2 is 1.75 bits per heavy atom. The van der Waals surface area contributed by atoms with Crippen molar-refractivity contribution < 1.29 is 5.11 Å². The molecule has 0 aliphatic heterocycles. The number of aliphatic hydroxyl groups excluding tert-OH is 1.